The highest BCUT2D eigenvalue weighted by Gasteiger charge is 2.42. The van der Waals surface area contributed by atoms with Crippen LogP contribution in [0.4, 0.5) is 0 Å². The fourth-order valence-electron chi connectivity index (χ4n) is 4.10. The second-order valence-corrected chi connectivity index (χ2v) is 10.7. The third-order valence-corrected chi connectivity index (χ3v) is 7.60. The van der Waals surface area contributed by atoms with Gasteiger partial charge in [0.15, 0.2) is 0 Å². The Morgan fingerprint density at radius 1 is 1.33 bits per heavy atom. The van der Waals surface area contributed by atoms with Crippen molar-refractivity contribution in [3.63, 3.8) is 0 Å². The minimum atomic E-state index is -3.77. The van der Waals surface area contributed by atoms with Gasteiger partial charge in [-0.05, 0) is 56.4 Å². The molecule has 1 saturated heterocycles. The zero-order valence-corrected chi connectivity index (χ0v) is 18.3. The van der Waals surface area contributed by atoms with E-state index in [1.807, 2.05) is 24.3 Å². The van der Waals surface area contributed by atoms with Crippen molar-refractivity contribution in [1.29, 1.82) is 5.26 Å². The zero-order valence-electron chi connectivity index (χ0n) is 16.8. The smallest absolute Gasteiger partial charge is 0.256 e. The first-order valence-corrected chi connectivity index (χ1v) is 11.6. The molecule has 2 heterocycles. The van der Waals surface area contributed by atoms with E-state index in [4.69, 9.17) is 16.9 Å². The Morgan fingerprint density at radius 3 is 2.67 bits per heavy atom. The number of benzene rings is 1. The molecular formula is C21H23ClN4O3S. The summed E-state index contributed by atoms with van der Waals surface area (Å²) in [6, 6.07) is 11.0. The molecule has 1 aromatic heterocycles. The molecule has 9 heteroatoms. The van der Waals surface area contributed by atoms with Gasteiger partial charge in [0.2, 0.25) is 0 Å². The van der Waals surface area contributed by atoms with E-state index in [1.54, 1.807) is 18.7 Å². The van der Waals surface area contributed by atoms with Gasteiger partial charge < -0.3 is 9.88 Å². The van der Waals surface area contributed by atoms with Gasteiger partial charge in [-0.15, -0.1) is 0 Å². The number of aromatic nitrogens is 1. The van der Waals surface area contributed by atoms with Crippen LogP contribution in [-0.2, 0) is 10.0 Å². The predicted molar refractivity (Wildman–Crippen MR) is 113 cm³/mol. The van der Waals surface area contributed by atoms with E-state index in [-0.39, 0.29) is 22.9 Å². The topological polar surface area (TPSA) is 106 Å². The lowest BCUT2D eigenvalue weighted by Gasteiger charge is -2.43. The van der Waals surface area contributed by atoms with Crippen LogP contribution in [0.15, 0.2) is 35.4 Å². The molecule has 1 aromatic carbocycles. The number of carbonyl (C=O) groups is 1. The molecule has 0 atom stereocenters. The molecule has 1 aliphatic heterocycles. The van der Waals surface area contributed by atoms with Crippen LogP contribution in [0.25, 0.3) is 0 Å². The number of nitrogens with one attached hydrogen (secondary N) is 2. The SMILES string of the molecule is Cc1[nH]c(S(=O)(=O)NC2CC(c3cccc(Cl)c3)C2)cc1C(=O)N1CC(C)(C#N)C1. The first kappa shape index (κ1) is 20.9. The van der Waals surface area contributed by atoms with Gasteiger partial charge in [-0.25, -0.2) is 13.1 Å². The minimum Gasteiger partial charge on any atom is -0.348 e. The molecule has 2 N–H and O–H groups in total. The third-order valence-electron chi connectivity index (χ3n) is 5.93. The van der Waals surface area contributed by atoms with Crippen molar-refractivity contribution in [3.05, 3.63) is 52.2 Å². The second kappa shape index (κ2) is 7.41. The van der Waals surface area contributed by atoms with Crippen molar-refractivity contribution in [2.75, 3.05) is 13.1 Å². The number of hydrogen-bond acceptors (Lipinski definition) is 4. The van der Waals surface area contributed by atoms with E-state index < -0.39 is 15.4 Å². The van der Waals surface area contributed by atoms with Crippen LogP contribution < -0.4 is 4.72 Å². The number of rotatable bonds is 5. The highest BCUT2D eigenvalue weighted by molar-refractivity contribution is 7.89. The summed E-state index contributed by atoms with van der Waals surface area (Å²) in [5.74, 6) is 0.0161. The highest BCUT2D eigenvalue weighted by Crippen LogP contribution is 2.38. The van der Waals surface area contributed by atoms with Crippen molar-refractivity contribution in [1.82, 2.24) is 14.6 Å². The predicted octanol–water partition coefficient (Wildman–Crippen LogP) is 3.19. The number of amides is 1. The van der Waals surface area contributed by atoms with Crippen molar-refractivity contribution >= 4 is 27.5 Å². The minimum absolute atomic E-state index is 0.0156. The first-order valence-electron chi connectivity index (χ1n) is 9.78. The second-order valence-electron chi connectivity index (χ2n) is 8.55. The van der Waals surface area contributed by atoms with Gasteiger partial charge in [-0.1, -0.05) is 23.7 Å². The molecule has 0 unspecified atom stereocenters. The van der Waals surface area contributed by atoms with Gasteiger partial charge in [-0.2, -0.15) is 5.26 Å². The molecule has 1 aliphatic carbocycles. The summed E-state index contributed by atoms with van der Waals surface area (Å²) in [6.07, 6.45) is 1.40. The van der Waals surface area contributed by atoms with E-state index in [1.165, 1.54) is 6.07 Å². The van der Waals surface area contributed by atoms with Crippen LogP contribution in [0.1, 0.15) is 47.3 Å². The Labute approximate surface area is 181 Å². The number of aryl methyl sites for hydroxylation is 1. The Morgan fingerprint density at radius 2 is 2.03 bits per heavy atom. The van der Waals surface area contributed by atoms with Crippen LogP contribution in [0.2, 0.25) is 5.02 Å². The number of nitriles is 1. The maximum atomic E-state index is 12.8. The fourth-order valence-corrected chi connectivity index (χ4v) is 5.62. The van der Waals surface area contributed by atoms with E-state index >= 15 is 0 Å². The van der Waals surface area contributed by atoms with Crippen LogP contribution in [0.3, 0.4) is 0 Å². The monoisotopic (exact) mass is 446 g/mol. The van der Waals surface area contributed by atoms with Crippen molar-refractivity contribution < 1.29 is 13.2 Å². The van der Waals surface area contributed by atoms with Crippen molar-refractivity contribution in [2.45, 2.75) is 43.7 Å². The lowest BCUT2D eigenvalue weighted by Crippen LogP contribution is -2.56. The summed E-state index contributed by atoms with van der Waals surface area (Å²) in [5, 5.41) is 9.77. The number of carbonyl (C=O) groups excluding carboxylic acids is 1. The Kier molecular flexibility index (Phi) is 5.17. The average molecular weight is 447 g/mol. The van der Waals surface area contributed by atoms with Crippen LogP contribution in [0, 0.1) is 23.7 Å². The Balaban J connectivity index is 1.40. The van der Waals surface area contributed by atoms with Crippen molar-refractivity contribution in [2.24, 2.45) is 5.41 Å². The van der Waals surface area contributed by atoms with Crippen LogP contribution in [-0.4, -0.2) is 43.3 Å². The normalized spacial score (nSPS) is 22.7. The Bertz CT molecular complexity index is 1140. The van der Waals surface area contributed by atoms with E-state index in [0.717, 1.165) is 5.56 Å². The number of nitrogens with zero attached hydrogens (tertiary/aromatic N) is 2. The lowest BCUT2D eigenvalue weighted by atomic mass is 9.76. The largest absolute Gasteiger partial charge is 0.348 e. The number of aromatic amines is 1. The summed E-state index contributed by atoms with van der Waals surface area (Å²) >= 11 is 6.03. The molecule has 4 rings (SSSR count). The van der Waals surface area contributed by atoms with Crippen LogP contribution >= 0.6 is 11.6 Å². The third kappa shape index (κ3) is 3.85. The van der Waals surface area contributed by atoms with Gasteiger partial charge in [0.1, 0.15) is 5.03 Å². The summed E-state index contributed by atoms with van der Waals surface area (Å²) < 4.78 is 28.3. The molecule has 158 valence electrons. The van der Waals surface area contributed by atoms with E-state index in [0.29, 0.717) is 42.2 Å². The molecule has 0 radical (unpaired) electrons. The molecule has 2 aliphatic rings. The molecule has 7 nitrogen and oxygen atoms in total. The molecule has 2 fully saturated rings. The van der Waals surface area contributed by atoms with Crippen molar-refractivity contribution in [3.8, 4) is 6.07 Å². The van der Waals surface area contributed by atoms with Gasteiger partial charge in [0.25, 0.3) is 15.9 Å². The van der Waals surface area contributed by atoms with Gasteiger partial charge >= 0.3 is 0 Å². The maximum Gasteiger partial charge on any atom is 0.256 e. The van der Waals surface area contributed by atoms with Gasteiger partial charge in [0, 0.05) is 29.8 Å². The summed E-state index contributed by atoms with van der Waals surface area (Å²) in [6.45, 7) is 4.17. The number of sulfonamides is 1. The number of H-pyrrole nitrogens is 1. The van der Waals surface area contributed by atoms with E-state index in [2.05, 4.69) is 15.8 Å². The number of hydrogen-bond donors (Lipinski definition) is 2. The van der Waals surface area contributed by atoms with Crippen LogP contribution in [0.5, 0.6) is 0 Å². The van der Waals surface area contributed by atoms with Gasteiger partial charge in [0.05, 0.1) is 17.0 Å². The highest BCUT2D eigenvalue weighted by atomic mass is 35.5. The summed E-state index contributed by atoms with van der Waals surface area (Å²) in [4.78, 5) is 17.1. The molecular weight excluding hydrogens is 424 g/mol. The molecule has 2 aromatic rings. The number of likely N-dealkylation sites (tertiary alicyclic amines) is 1. The molecule has 30 heavy (non-hydrogen) atoms. The number of halogens is 1. The summed E-state index contributed by atoms with van der Waals surface area (Å²) in [5.41, 5.74) is 1.40. The average Bonchev–Trinajstić information content (AvgIpc) is 3.04. The quantitative estimate of drug-likeness (QED) is 0.735. The Hall–Kier alpha value is -2.34. The van der Waals surface area contributed by atoms with Gasteiger partial charge in [-0.3, -0.25) is 4.79 Å². The molecule has 1 amide bonds. The lowest BCUT2D eigenvalue weighted by molar-refractivity contribution is 0.0368. The van der Waals surface area contributed by atoms with E-state index in [9.17, 15) is 13.2 Å². The summed E-state index contributed by atoms with van der Waals surface area (Å²) in [7, 11) is -3.77. The molecule has 0 spiro atoms. The zero-order chi connectivity index (χ0) is 21.7. The molecule has 1 saturated carbocycles. The fraction of sp³-hybridized carbons (Fsp3) is 0.429. The standard InChI is InChI=1S/C21H23ClN4O3S/c1-13-18(20(27)26-11-21(2,10-23)12-26)9-19(24-13)30(28,29)25-17-7-15(8-17)14-4-3-5-16(22)6-14/h3-6,9,15,17,24-25H,7-8,11-12H2,1-2H3. The maximum absolute atomic E-state index is 12.8. The molecule has 0 bridgehead atoms. The first-order chi connectivity index (χ1) is 14.1.